The zero-order valence-electron chi connectivity index (χ0n) is 8.79. The van der Waals surface area contributed by atoms with Gasteiger partial charge in [0.2, 0.25) is 5.95 Å². The number of hydrogen-bond donors (Lipinski definition) is 2. The first-order chi connectivity index (χ1) is 7.66. The van der Waals surface area contributed by atoms with Gasteiger partial charge in [-0.3, -0.25) is 5.10 Å². The van der Waals surface area contributed by atoms with E-state index in [9.17, 15) is 4.39 Å². The quantitative estimate of drug-likeness (QED) is 0.832. The molecule has 2 aromatic rings. The lowest BCUT2D eigenvalue weighted by Crippen LogP contribution is -1.95. The summed E-state index contributed by atoms with van der Waals surface area (Å²) in [6.07, 6.45) is 0. The number of rotatable bonds is 3. The minimum absolute atomic E-state index is 0.333. The number of aromatic nitrogens is 3. The van der Waals surface area contributed by atoms with Crippen molar-refractivity contribution < 1.29 is 4.39 Å². The number of H-pyrrole nitrogens is 1. The van der Waals surface area contributed by atoms with Gasteiger partial charge in [0, 0.05) is 5.70 Å². The van der Waals surface area contributed by atoms with Crippen molar-refractivity contribution >= 4 is 5.95 Å². The van der Waals surface area contributed by atoms with Crippen LogP contribution in [0.15, 0.2) is 36.5 Å². The van der Waals surface area contributed by atoms with Crippen molar-refractivity contribution in [2.45, 2.75) is 6.92 Å². The molecule has 1 aromatic carbocycles. The number of allylic oxidation sites excluding steroid dienone is 1. The Hall–Kier alpha value is -2.17. The summed E-state index contributed by atoms with van der Waals surface area (Å²) >= 11 is 0. The number of hydrogen-bond acceptors (Lipinski definition) is 3. The second-order valence-corrected chi connectivity index (χ2v) is 3.39. The summed E-state index contributed by atoms with van der Waals surface area (Å²) in [6, 6.07) is 6.39. The van der Waals surface area contributed by atoms with E-state index in [1.807, 2.05) is 0 Å². The average molecular weight is 218 g/mol. The van der Waals surface area contributed by atoms with Gasteiger partial charge in [0.05, 0.1) is 5.56 Å². The molecule has 16 heavy (non-hydrogen) atoms. The van der Waals surface area contributed by atoms with Crippen molar-refractivity contribution in [2.75, 3.05) is 5.32 Å². The summed E-state index contributed by atoms with van der Waals surface area (Å²) in [5, 5.41) is 9.41. The van der Waals surface area contributed by atoms with Gasteiger partial charge in [-0.2, -0.15) is 4.98 Å². The highest BCUT2D eigenvalue weighted by Crippen LogP contribution is 2.19. The van der Waals surface area contributed by atoms with Crippen LogP contribution in [0.5, 0.6) is 0 Å². The fourth-order valence-electron chi connectivity index (χ4n) is 1.28. The third-order valence-corrected chi connectivity index (χ3v) is 1.94. The van der Waals surface area contributed by atoms with Gasteiger partial charge in [-0.25, -0.2) is 4.39 Å². The van der Waals surface area contributed by atoms with E-state index < -0.39 is 0 Å². The standard InChI is InChI=1S/C11H11FN4/c1-7(2)13-11-14-10(15-16-11)8-5-3-4-6-9(8)12/h3-6H,1H2,2H3,(H2,13,14,15,16). The van der Waals surface area contributed by atoms with Gasteiger partial charge < -0.3 is 5.32 Å². The van der Waals surface area contributed by atoms with Crippen molar-refractivity contribution in [3.63, 3.8) is 0 Å². The van der Waals surface area contributed by atoms with E-state index >= 15 is 0 Å². The molecule has 1 aromatic heterocycles. The number of nitrogens with zero attached hydrogens (tertiary/aromatic N) is 2. The first-order valence-electron chi connectivity index (χ1n) is 4.76. The van der Waals surface area contributed by atoms with Crippen LogP contribution < -0.4 is 5.32 Å². The van der Waals surface area contributed by atoms with E-state index in [1.165, 1.54) is 6.07 Å². The Morgan fingerprint density at radius 1 is 1.44 bits per heavy atom. The number of anilines is 1. The molecule has 0 saturated carbocycles. The normalized spacial score (nSPS) is 10.1. The zero-order chi connectivity index (χ0) is 11.5. The second-order valence-electron chi connectivity index (χ2n) is 3.39. The highest BCUT2D eigenvalue weighted by Gasteiger charge is 2.09. The summed E-state index contributed by atoms with van der Waals surface area (Å²) < 4.78 is 13.4. The fourth-order valence-corrected chi connectivity index (χ4v) is 1.28. The SMILES string of the molecule is C=C(C)Nc1n[nH]c(-c2ccccc2F)n1. The van der Waals surface area contributed by atoms with Gasteiger partial charge in [-0.15, -0.1) is 5.10 Å². The molecular weight excluding hydrogens is 207 g/mol. The van der Waals surface area contributed by atoms with Crippen LogP contribution in [0.2, 0.25) is 0 Å². The van der Waals surface area contributed by atoms with Crippen LogP contribution in [0.3, 0.4) is 0 Å². The van der Waals surface area contributed by atoms with Gasteiger partial charge in [0.25, 0.3) is 0 Å². The van der Waals surface area contributed by atoms with E-state index in [-0.39, 0.29) is 5.82 Å². The van der Waals surface area contributed by atoms with E-state index in [4.69, 9.17) is 0 Å². The lowest BCUT2D eigenvalue weighted by Gasteiger charge is -1.97. The van der Waals surface area contributed by atoms with Gasteiger partial charge in [-0.1, -0.05) is 18.7 Å². The average Bonchev–Trinajstić information content (AvgIpc) is 2.66. The molecule has 4 nitrogen and oxygen atoms in total. The van der Waals surface area contributed by atoms with Gasteiger partial charge in [0.1, 0.15) is 5.82 Å². The highest BCUT2D eigenvalue weighted by molar-refractivity contribution is 5.57. The van der Waals surface area contributed by atoms with E-state index in [0.29, 0.717) is 17.3 Å². The maximum absolute atomic E-state index is 13.4. The van der Waals surface area contributed by atoms with Crippen molar-refractivity contribution in [3.8, 4) is 11.4 Å². The first kappa shape index (κ1) is 10.4. The van der Waals surface area contributed by atoms with E-state index in [2.05, 4.69) is 27.1 Å². The Bertz CT molecular complexity index is 518. The molecule has 0 saturated heterocycles. The Morgan fingerprint density at radius 3 is 2.88 bits per heavy atom. The van der Waals surface area contributed by atoms with Crippen molar-refractivity contribution in [1.29, 1.82) is 0 Å². The highest BCUT2D eigenvalue weighted by atomic mass is 19.1. The summed E-state index contributed by atoms with van der Waals surface area (Å²) in [6.45, 7) is 5.46. The summed E-state index contributed by atoms with van der Waals surface area (Å²) in [5.41, 5.74) is 1.11. The molecule has 0 amide bonds. The lowest BCUT2D eigenvalue weighted by molar-refractivity contribution is 0.630. The molecule has 5 heteroatoms. The van der Waals surface area contributed by atoms with Crippen molar-refractivity contribution in [1.82, 2.24) is 15.2 Å². The molecule has 0 bridgehead atoms. The Kier molecular flexibility index (Phi) is 2.68. The molecule has 0 unspecified atom stereocenters. The van der Waals surface area contributed by atoms with Crippen LogP contribution in [0.1, 0.15) is 6.92 Å². The minimum atomic E-state index is -0.333. The molecule has 2 N–H and O–H groups in total. The summed E-state index contributed by atoms with van der Waals surface area (Å²) in [4.78, 5) is 4.10. The van der Waals surface area contributed by atoms with Crippen LogP contribution in [0, 0.1) is 5.82 Å². The molecule has 0 spiro atoms. The van der Waals surface area contributed by atoms with Crippen LogP contribution in [-0.2, 0) is 0 Å². The lowest BCUT2D eigenvalue weighted by atomic mass is 10.2. The number of nitrogens with one attached hydrogen (secondary N) is 2. The predicted octanol–water partition coefficient (Wildman–Crippen LogP) is 2.56. The van der Waals surface area contributed by atoms with Crippen molar-refractivity contribution in [2.24, 2.45) is 0 Å². The molecule has 82 valence electrons. The number of aromatic amines is 1. The third-order valence-electron chi connectivity index (χ3n) is 1.94. The summed E-state index contributed by atoms with van der Waals surface area (Å²) in [7, 11) is 0. The first-order valence-corrected chi connectivity index (χ1v) is 4.76. The second kappa shape index (κ2) is 4.14. The molecule has 2 rings (SSSR count). The smallest absolute Gasteiger partial charge is 0.246 e. The minimum Gasteiger partial charge on any atom is -0.327 e. The molecular formula is C11H11FN4. The fraction of sp³-hybridized carbons (Fsp3) is 0.0909. The zero-order valence-corrected chi connectivity index (χ0v) is 8.79. The molecule has 0 radical (unpaired) electrons. The van der Waals surface area contributed by atoms with Crippen LogP contribution in [0.4, 0.5) is 10.3 Å². The number of halogens is 1. The maximum atomic E-state index is 13.4. The van der Waals surface area contributed by atoms with E-state index in [1.54, 1.807) is 25.1 Å². The molecule has 0 fully saturated rings. The molecule has 0 aliphatic heterocycles. The molecule has 0 aliphatic rings. The molecule has 0 aliphatic carbocycles. The van der Waals surface area contributed by atoms with Gasteiger partial charge >= 0.3 is 0 Å². The molecule has 1 heterocycles. The largest absolute Gasteiger partial charge is 0.327 e. The van der Waals surface area contributed by atoms with Crippen molar-refractivity contribution in [3.05, 3.63) is 42.4 Å². The Balaban J connectivity index is 2.32. The predicted molar refractivity (Wildman–Crippen MR) is 60.2 cm³/mol. The monoisotopic (exact) mass is 218 g/mol. The topological polar surface area (TPSA) is 53.6 Å². The van der Waals surface area contributed by atoms with Gasteiger partial charge in [-0.05, 0) is 19.1 Å². The van der Waals surface area contributed by atoms with Crippen LogP contribution >= 0.6 is 0 Å². The van der Waals surface area contributed by atoms with E-state index in [0.717, 1.165) is 5.70 Å². The van der Waals surface area contributed by atoms with Gasteiger partial charge in [0.15, 0.2) is 5.82 Å². The maximum Gasteiger partial charge on any atom is 0.246 e. The molecule has 0 atom stereocenters. The van der Waals surface area contributed by atoms with Crippen LogP contribution in [-0.4, -0.2) is 15.2 Å². The Morgan fingerprint density at radius 2 is 2.19 bits per heavy atom. The van der Waals surface area contributed by atoms with Crippen LogP contribution in [0.25, 0.3) is 11.4 Å². The number of benzene rings is 1. The third kappa shape index (κ3) is 2.08. The summed E-state index contributed by atoms with van der Waals surface area (Å²) in [5.74, 6) is 0.438. The Labute approximate surface area is 92.2 Å².